The monoisotopic (exact) mass is 216 g/mol. The minimum Gasteiger partial charge on any atom is -0.354 e. The van der Waals surface area contributed by atoms with E-state index in [9.17, 15) is 4.79 Å². The van der Waals surface area contributed by atoms with Crippen molar-refractivity contribution in [1.29, 1.82) is 0 Å². The fourth-order valence-electron chi connectivity index (χ4n) is 1.83. The van der Waals surface area contributed by atoms with Gasteiger partial charge in [-0.25, -0.2) is 0 Å². The molecule has 0 bridgehead atoms. The maximum Gasteiger partial charge on any atom is 0.240 e. The lowest BCUT2D eigenvalue weighted by Gasteiger charge is -2.22. The zero-order chi connectivity index (χ0) is 10.4. The Hall–Kier alpha value is -0.220. The van der Waals surface area contributed by atoms with Crippen molar-refractivity contribution in [2.75, 3.05) is 18.6 Å². The predicted octanol–water partition coefficient (Wildman–Crippen LogP) is 1.13. The van der Waals surface area contributed by atoms with Gasteiger partial charge >= 0.3 is 0 Å². The average Bonchev–Trinajstić information content (AvgIpc) is 2.61. The van der Waals surface area contributed by atoms with Gasteiger partial charge in [-0.2, -0.15) is 11.8 Å². The summed E-state index contributed by atoms with van der Waals surface area (Å²) >= 11 is 1.80. The third kappa shape index (κ3) is 3.17. The maximum absolute atomic E-state index is 11.7. The number of nitrogens with one attached hydrogen (secondary N) is 1. The molecule has 14 heavy (non-hydrogen) atoms. The van der Waals surface area contributed by atoms with Crippen molar-refractivity contribution in [2.24, 2.45) is 5.73 Å². The Bertz CT molecular complexity index is 191. The van der Waals surface area contributed by atoms with E-state index in [-0.39, 0.29) is 5.91 Å². The summed E-state index contributed by atoms with van der Waals surface area (Å²) in [5.74, 6) is 1.15. The van der Waals surface area contributed by atoms with Gasteiger partial charge in [0.1, 0.15) is 0 Å². The van der Waals surface area contributed by atoms with E-state index in [0.717, 1.165) is 44.4 Å². The highest BCUT2D eigenvalue weighted by Gasteiger charge is 2.36. The summed E-state index contributed by atoms with van der Waals surface area (Å²) in [6.07, 6.45) is 6.98. The summed E-state index contributed by atoms with van der Waals surface area (Å²) in [7, 11) is 0. The third-order valence-corrected chi connectivity index (χ3v) is 3.46. The third-order valence-electron chi connectivity index (χ3n) is 2.76. The zero-order valence-corrected chi connectivity index (χ0v) is 9.66. The highest BCUT2D eigenvalue weighted by atomic mass is 32.2. The molecule has 0 spiro atoms. The first-order valence-electron chi connectivity index (χ1n) is 5.25. The molecular formula is C10H20N2OS. The van der Waals surface area contributed by atoms with Crippen molar-refractivity contribution in [2.45, 2.75) is 37.6 Å². The molecule has 0 unspecified atom stereocenters. The van der Waals surface area contributed by atoms with Gasteiger partial charge in [-0.15, -0.1) is 0 Å². The molecule has 1 saturated carbocycles. The lowest BCUT2D eigenvalue weighted by molar-refractivity contribution is -0.126. The highest BCUT2D eigenvalue weighted by Crippen LogP contribution is 2.27. The summed E-state index contributed by atoms with van der Waals surface area (Å²) in [5, 5.41) is 2.92. The number of thioether (sulfide) groups is 1. The quantitative estimate of drug-likeness (QED) is 0.677. The van der Waals surface area contributed by atoms with Crippen LogP contribution in [-0.2, 0) is 4.79 Å². The number of amides is 1. The molecule has 0 saturated heterocycles. The number of carbonyl (C=O) groups excluding carboxylic acids is 1. The number of carbonyl (C=O) groups is 1. The number of hydrogen-bond acceptors (Lipinski definition) is 3. The van der Waals surface area contributed by atoms with Crippen LogP contribution in [0.3, 0.4) is 0 Å². The van der Waals surface area contributed by atoms with Crippen LogP contribution in [0.1, 0.15) is 32.1 Å². The van der Waals surface area contributed by atoms with Crippen molar-refractivity contribution in [3.63, 3.8) is 0 Å². The van der Waals surface area contributed by atoms with Crippen LogP contribution >= 0.6 is 11.8 Å². The van der Waals surface area contributed by atoms with Crippen molar-refractivity contribution >= 4 is 17.7 Å². The number of nitrogens with two attached hydrogens (primary N) is 1. The Balaban J connectivity index is 2.20. The van der Waals surface area contributed by atoms with E-state index in [1.807, 2.05) is 0 Å². The second-order valence-corrected chi connectivity index (χ2v) is 4.95. The van der Waals surface area contributed by atoms with Crippen LogP contribution in [0.4, 0.5) is 0 Å². The summed E-state index contributed by atoms with van der Waals surface area (Å²) in [4.78, 5) is 11.7. The molecule has 0 heterocycles. The standard InChI is InChI=1S/C10H20N2OS/c1-14-8-4-7-12-9(13)10(11)5-2-3-6-10/h2-8,11H2,1H3,(H,12,13). The molecule has 0 aromatic rings. The minimum atomic E-state index is -0.556. The molecule has 0 aromatic heterocycles. The fraction of sp³-hybridized carbons (Fsp3) is 0.900. The van der Waals surface area contributed by atoms with Gasteiger partial charge in [0.05, 0.1) is 5.54 Å². The lowest BCUT2D eigenvalue weighted by Crippen LogP contribution is -2.52. The largest absolute Gasteiger partial charge is 0.354 e. The van der Waals surface area contributed by atoms with E-state index in [0.29, 0.717) is 0 Å². The molecule has 1 rings (SSSR count). The SMILES string of the molecule is CSCCCNC(=O)C1(N)CCCC1. The number of hydrogen-bond donors (Lipinski definition) is 2. The first-order chi connectivity index (χ1) is 6.69. The van der Waals surface area contributed by atoms with Crippen molar-refractivity contribution in [1.82, 2.24) is 5.32 Å². The maximum atomic E-state index is 11.7. The van der Waals surface area contributed by atoms with Crippen LogP contribution in [0, 0.1) is 0 Å². The Kier molecular flexibility index (Phi) is 4.75. The molecule has 3 N–H and O–H groups in total. The fourth-order valence-corrected chi connectivity index (χ4v) is 2.26. The zero-order valence-electron chi connectivity index (χ0n) is 8.84. The molecule has 3 nitrogen and oxygen atoms in total. The van der Waals surface area contributed by atoms with Gasteiger partial charge in [0.2, 0.25) is 5.91 Å². The lowest BCUT2D eigenvalue weighted by atomic mass is 9.98. The molecule has 0 aromatic carbocycles. The van der Waals surface area contributed by atoms with Crippen LogP contribution in [0.15, 0.2) is 0 Å². The van der Waals surface area contributed by atoms with Crippen LogP contribution in [-0.4, -0.2) is 30.0 Å². The Morgan fingerprint density at radius 3 is 2.71 bits per heavy atom. The van der Waals surface area contributed by atoms with Gasteiger partial charge in [0.25, 0.3) is 0 Å². The van der Waals surface area contributed by atoms with Gasteiger partial charge in [0.15, 0.2) is 0 Å². The van der Waals surface area contributed by atoms with Gasteiger partial charge in [-0.1, -0.05) is 12.8 Å². The molecule has 82 valence electrons. The topological polar surface area (TPSA) is 55.1 Å². The summed E-state index contributed by atoms with van der Waals surface area (Å²) < 4.78 is 0. The molecule has 0 aliphatic heterocycles. The van der Waals surface area contributed by atoms with Crippen LogP contribution in [0.5, 0.6) is 0 Å². The van der Waals surface area contributed by atoms with Crippen LogP contribution in [0.25, 0.3) is 0 Å². The molecule has 0 atom stereocenters. The molecule has 1 aliphatic carbocycles. The normalized spacial score (nSPS) is 19.6. The summed E-state index contributed by atoms with van der Waals surface area (Å²) in [6.45, 7) is 0.763. The summed E-state index contributed by atoms with van der Waals surface area (Å²) in [5.41, 5.74) is 5.44. The van der Waals surface area contributed by atoms with Crippen LogP contribution in [0.2, 0.25) is 0 Å². The van der Waals surface area contributed by atoms with Gasteiger partial charge in [0, 0.05) is 6.54 Å². The van der Waals surface area contributed by atoms with Crippen LogP contribution < -0.4 is 11.1 Å². The second-order valence-electron chi connectivity index (χ2n) is 3.97. The van der Waals surface area contributed by atoms with Gasteiger partial charge in [-0.05, 0) is 31.3 Å². The van der Waals surface area contributed by atoms with E-state index in [4.69, 9.17) is 5.73 Å². The van der Waals surface area contributed by atoms with Crippen molar-refractivity contribution in [3.05, 3.63) is 0 Å². The Morgan fingerprint density at radius 1 is 1.50 bits per heavy atom. The Labute approximate surface area is 90.2 Å². The minimum absolute atomic E-state index is 0.0519. The van der Waals surface area contributed by atoms with E-state index in [1.54, 1.807) is 11.8 Å². The summed E-state index contributed by atoms with van der Waals surface area (Å²) in [6, 6.07) is 0. The highest BCUT2D eigenvalue weighted by molar-refractivity contribution is 7.98. The smallest absolute Gasteiger partial charge is 0.240 e. The Morgan fingerprint density at radius 2 is 2.14 bits per heavy atom. The molecule has 4 heteroatoms. The average molecular weight is 216 g/mol. The predicted molar refractivity (Wildman–Crippen MR) is 61.4 cm³/mol. The first-order valence-corrected chi connectivity index (χ1v) is 6.64. The van der Waals surface area contributed by atoms with Crippen molar-refractivity contribution in [3.8, 4) is 0 Å². The molecule has 1 aliphatic rings. The second kappa shape index (κ2) is 5.61. The molecule has 0 radical (unpaired) electrons. The van der Waals surface area contributed by atoms with E-state index < -0.39 is 5.54 Å². The molecule has 1 amide bonds. The van der Waals surface area contributed by atoms with E-state index in [2.05, 4.69) is 11.6 Å². The van der Waals surface area contributed by atoms with Gasteiger partial charge in [-0.3, -0.25) is 4.79 Å². The number of rotatable bonds is 5. The van der Waals surface area contributed by atoms with E-state index >= 15 is 0 Å². The van der Waals surface area contributed by atoms with Gasteiger partial charge < -0.3 is 11.1 Å². The molecule has 1 fully saturated rings. The molecular weight excluding hydrogens is 196 g/mol. The van der Waals surface area contributed by atoms with E-state index in [1.165, 1.54) is 0 Å². The van der Waals surface area contributed by atoms with Crippen molar-refractivity contribution < 1.29 is 4.79 Å². The first kappa shape index (κ1) is 11.9.